The number of halogens is 1. The summed E-state index contributed by atoms with van der Waals surface area (Å²) in [5.74, 6) is 0.974. The van der Waals surface area contributed by atoms with Crippen molar-refractivity contribution in [3.8, 4) is 0 Å². The molecule has 0 saturated heterocycles. The average molecular weight is 316 g/mol. The quantitative estimate of drug-likeness (QED) is 0.778. The third-order valence-corrected chi connectivity index (χ3v) is 3.58. The lowest BCUT2D eigenvalue weighted by atomic mass is 10.1. The van der Waals surface area contributed by atoms with Gasteiger partial charge in [0.2, 0.25) is 0 Å². The number of aromatic amines is 1. The minimum atomic E-state index is 0.552. The molecule has 0 aliphatic heterocycles. The molecule has 0 spiro atoms. The lowest BCUT2D eigenvalue weighted by Crippen LogP contribution is -1.95. The summed E-state index contributed by atoms with van der Waals surface area (Å²) < 4.78 is 1.09. The smallest absolute Gasteiger partial charge is 0.111 e. The summed E-state index contributed by atoms with van der Waals surface area (Å²) in [7, 11) is 0. The number of nitrogens with zero attached hydrogens (tertiary/aromatic N) is 1. The number of rotatable bonds is 3. The molecule has 0 unspecified atom stereocenters. The fourth-order valence-electron chi connectivity index (χ4n) is 2.16. The molecule has 4 heteroatoms. The molecule has 3 N–H and O–H groups in total. The van der Waals surface area contributed by atoms with Crippen LogP contribution in [-0.2, 0) is 13.0 Å². The molecule has 0 atom stereocenters. The number of aromatic nitrogens is 2. The van der Waals surface area contributed by atoms with Gasteiger partial charge in [-0.1, -0.05) is 34.1 Å². The molecular formula is C15H14BrN3. The minimum absolute atomic E-state index is 0.552. The number of fused-ring (bicyclic) bond motifs is 1. The zero-order valence-electron chi connectivity index (χ0n) is 10.4. The van der Waals surface area contributed by atoms with Gasteiger partial charge in [-0.15, -0.1) is 0 Å². The number of hydrogen-bond donors (Lipinski definition) is 2. The van der Waals surface area contributed by atoms with Crippen LogP contribution in [0.5, 0.6) is 0 Å². The predicted octanol–water partition coefficient (Wildman–Crippen LogP) is 3.37. The van der Waals surface area contributed by atoms with E-state index in [9.17, 15) is 0 Å². The van der Waals surface area contributed by atoms with Crippen molar-refractivity contribution in [2.24, 2.45) is 5.73 Å². The van der Waals surface area contributed by atoms with E-state index in [4.69, 9.17) is 5.73 Å². The van der Waals surface area contributed by atoms with Crippen LogP contribution in [0.25, 0.3) is 11.0 Å². The van der Waals surface area contributed by atoms with Gasteiger partial charge in [0, 0.05) is 17.4 Å². The second-order valence-electron chi connectivity index (χ2n) is 4.55. The van der Waals surface area contributed by atoms with Crippen LogP contribution in [0.1, 0.15) is 17.0 Å². The van der Waals surface area contributed by atoms with Crippen molar-refractivity contribution >= 4 is 27.0 Å². The highest BCUT2D eigenvalue weighted by molar-refractivity contribution is 9.10. The fraction of sp³-hybridized carbons (Fsp3) is 0.133. The van der Waals surface area contributed by atoms with E-state index in [1.54, 1.807) is 0 Å². The maximum Gasteiger partial charge on any atom is 0.111 e. The van der Waals surface area contributed by atoms with Gasteiger partial charge in [-0.05, 0) is 35.4 Å². The monoisotopic (exact) mass is 315 g/mol. The van der Waals surface area contributed by atoms with Crippen LogP contribution in [0.15, 0.2) is 46.9 Å². The number of nitrogens with one attached hydrogen (secondary N) is 1. The van der Waals surface area contributed by atoms with E-state index in [1.165, 1.54) is 5.56 Å². The molecule has 0 radical (unpaired) electrons. The van der Waals surface area contributed by atoms with Crippen molar-refractivity contribution in [2.45, 2.75) is 13.0 Å². The largest absolute Gasteiger partial charge is 0.342 e. The molecular weight excluding hydrogens is 302 g/mol. The summed E-state index contributed by atoms with van der Waals surface area (Å²) in [6.45, 7) is 0.552. The molecule has 1 aromatic heterocycles. The van der Waals surface area contributed by atoms with Gasteiger partial charge in [-0.3, -0.25) is 0 Å². The SMILES string of the molecule is NCc1ccc2nc(Cc3cccc(Br)c3)[nH]c2c1. The van der Waals surface area contributed by atoms with Gasteiger partial charge < -0.3 is 10.7 Å². The van der Waals surface area contributed by atoms with E-state index >= 15 is 0 Å². The Morgan fingerprint density at radius 3 is 2.79 bits per heavy atom. The van der Waals surface area contributed by atoms with Crippen molar-refractivity contribution in [1.29, 1.82) is 0 Å². The minimum Gasteiger partial charge on any atom is -0.342 e. The number of benzene rings is 2. The molecule has 19 heavy (non-hydrogen) atoms. The first-order valence-corrected chi connectivity index (χ1v) is 6.96. The number of H-pyrrole nitrogens is 1. The first kappa shape index (κ1) is 12.4. The Balaban J connectivity index is 1.93. The van der Waals surface area contributed by atoms with Crippen LogP contribution in [0.4, 0.5) is 0 Å². The van der Waals surface area contributed by atoms with E-state index in [1.807, 2.05) is 24.3 Å². The Hall–Kier alpha value is -1.65. The molecule has 2 aromatic carbocycles. The highest BCUT2D eigenvalue weighted by Crippen LogP contribution is 2.17. The highest BCUT2D eigenvalue weighted by Gasteiger charge is 2.04. The standard InChI is InChI=1S/C15H14BrN3/c16-12-3-1-2-10(6-12)8-15-18-13-5-4-11(9-17)7-14(13)19-15/h1-7H,8-9,17H2,(H,18,19). The summed E-state index contributed by atoms with van der Waals surface area (Å²) in [5, 5.41) is 0. The summed E-state index contributed by atoms with van der Waals surface area (Å²) in [5.41, 5.74) is 10.0. The third kappa shape index (κ3) is 2.69. The molecule has 0 fully saturated rings. The van der Waals surface area contributed by atoms with Crippen molar-refractivity contribution in [1.82, 2.24) is 9.97 Å². The van der Waals surface area contributed by atoms with Gasteiger partial charge in [0.25, 0.3) is 0 Å². The average Bonchev–Trinajstić information content (AvgIpc) is 2.79. The second-order valence-corrected chi connectivity index (χ2v) is 5.46. The number of nitrogens with two attached hydrogens (primary N) is 1. The topological polar surface area (TPSA) is 54.7 Å². The van der Waals surface area contributed by atoms with E-state index in [0.717, 1.165) is 33.3 Å². The molecule has 3 nitrogen and oxygen atoms in total. The Morgan fingerprint density at radius 2 is 2.00 bits per heavy atom. The molecule has 3 aromatic rings. The van der Waals surface area contributed by atoms with Gasteiger partial charge in [0.15, 0.2) is 0 Å². The molecule has 0 saturated carbocycles. The molecule has 1 heterocycles. The van der Waals surface area contributed by atoms with Crippen LogP contribution in [0, 0.1) is 0 Å². The Morgan fingerprint density at radius 1 is 1.11 bits per heavy atom. The lowest BCUT2D eigenvalue weighted by molar-refractivity contribution is 1.04. The first-order valence-electron chi connectivity index (χ1n) is 6.16. The highest BCUT2D eigenvalue weighted by atomic mass is 79.9. The maximum absolute atomic E-state index is 5.65. The van der Waals surface area contributed by atoms with E-state index < -0.39 is 0 Å². The molecule has 96 valence electrons. The van der Waals surface area contributed by atoms with Gasteiger partial charge in [-0.2, -0.15) is 0 Å². The van der Waals surface area contributed by atoms with E-state index in [2.05, 4.69) is 44.1 Å². The maximum atomic E-state index is 5.65. The lowest BCUT2D eigenvalue weighted by Gasteiger charge is -1.98. The fourth-order valence-corrected chi connectivity index (χ4v) is 2.61. The van der Waals surface area contributed by atoms with Crippen molar-refractivity contribution in [2.75, 3.05) is 0 Å². The van der Waals surface area contributed by atoms with Gasteiger partial charge in [-0.25, -0.2) is 4.98 Å². The summed E-state index contributed by atoms with van der Waals surface area (Å²) in [6, 6.07) is 14.4. The summed E-state index contributed by atoms with van der Waals surface area (Å²) >= 11 is 3.48. The summed E-state index contributed by atoms with van der Waals surface area (Å²) in [6.07, 6.45) is 0.798. The summed E-state index contributed by atoms with van der Waals surface area (Å²) in [4.78, 5) is 7.96. The molecule has 0 aliphatic carbocycles. The normalized spacial score (nSPS) is 11.1. The van der Waals surface area contributed by atoms with Crippen LogP contribution in [0.2, 0.25) is 0 Å². The number of hydrogen-bond acceptors (Lipinski definition) is 2. The molecule has 0 aliphatic rings. The van der Waals surface area contributed by atoms with Crippen LogP contribution in [0.3, 0.4) is 0 Å². The van der Waals surface area contributed by atoms with Crippen LogP contribution < -0.4 is 5.73 Å². The zero-order chi connectivity index (χ0) is 13.2. The predicted molar refractivity (Wildman–Crippen MR) is 80.9 cm³/mol. The van der Waals surface area contributed by atoms with Gasteiger partial charge >= 0.3 is 0 Å². The van der Waals surface area contributed by atoms with Gasteiger partial charge in [0.05, 0.1) is 11.0 Å². The van der Waals surface area contributed by atoms with Crippen molar-refractivity contribution in [3.05, 3.63) is 63.9 Å². The second kappa shape index (κ2) is 5.15. The molecule has 3 rings (SSSR count). The first-order chi connectivity index (χ1) is 9.24. The third-order valence-electron chi connectivity index (χ3n) is 3.09. The van der Waals surface area contributed by atoms with Crippen molar-refractivity contribution < 1.29 is 0 Å². The van der Waals surface area contributed by atoms with Crippen molar-refractivity contribution in [3.63, 3.8) is 0 Å². The van der Waals surface area contributed by atoms with Gasteiger partial charge in [0.1, 0.15) is 5.82 Å². The number of imidazole rings is 1. The zero-order valence-corrected chi connectivity index (χ0v) is 11.9. The van der Waals surface area contributed by atoms with Crippen LogP contribution in [-0.4, -0.2) is 9.97 Å². The van der Waals surface area contributed by atoms with E-state index in [0.29, 0.717) is 6.54 Å². The molecule has 0 amide bonds. The van der Waals surface area contributed by atoms with E-state index in [-0.39, 0.29) is 0 Å². The molecule has 0 bridgehead atoms. The Labute approximate surface area is 120 Å². The Bertz CT molecular complexity index is 718. The van der Waals surface area contributed by atoms with Crippen LogP contribution >= 0.6 is 15.9 Å². The Kier molecular flexibility index (Phi) is 3.36.